The Labute approximate surface area is 104 Å². The molecule has 1 amide bonds. The summed E-state index contributed by atoms with van der Waals surface area (Å²) in [6.45, 7) is 1.31. The summed E-state index contributed by atoms with van der Waals surface area (Å²) in [6.07, 6.45) is 0.365. The van der Waals surface area contributed by atoms with Crippen molar-refractivity contribution in [2.75, 3.05) is 13.7 Å². The molecule has 1 unspecified atom stereocenters. The molecule has 0 aliphatic carbocycles. The van der Waals surface area contributed by atoms with Crippen LogP contribution in [0.1, 0.15) is 12.5 Å². The van der Waals surface area contributed by atoms with E-state index in [1.807, 2.05) is 0 Å². The molecule has 1 rings (SSSR count). The summed E-state index contributed by atoms with van der Waals surface area (Å²) in [7, 11) is 1.41. The Balaban J connectivity index is 2.84. The van der Waals surface area contributed by atoms with Crippen LogP contribution in [0.5, 0.6) is 5.75 Å². The first-order valence-electron chi connectivity index (χ1n) is 5.51. The van der Waals surface area contributed by atoms with Gasteiger partial charge in [-0.3, -0.25) is 4.79 Å². The van der Waals surface area contributed by atoms with Crippen LogP contribution in [0.4, 0.5) is 8.78 Å². The number of nitrogens with two attached hydrogens (primary N) is 1. The predicted molar refractivity (Wildman–Crippen MR) is 63.3 cm³/mol. The minimum atomic E-state index is -0.838. The number of likely N-dealkylation sites (N-methyl/N-ethyl adjacent to an activating group) is 1. The molecule has 0 fully saturated rings. The standard InChI is InChI=1S/C12H16F2N2O2/c1-7(15)3-8-4-9(13)12(10(14)5-8)18-6-11(17)16-2/h4-5,7H,3,6,15H2,1-2H3,(H,16,17). The SMILES string of the molecule is CNC(=O)COc1c(F)cc(CC(C)N)cc1F. The van der Waals surface area contributed by atoms with E-state index in [-0.39, 0.29) is 6.04 Å². The monoisotopic (exact) mass is 258 g/mol. The van der Waals surface area contributed by atoms with Crippen molar-refractivity contribution in [2.45, 2.75) is 19.4 Å². The van der Waals surface area contributed by atoms with Crippen LogP contribution in [0.15, 0.2) is 12.1 Å². The molecule has 6 heteroatoms. The quantitative estimate of drug-likeness (QED) is 0.827. The lowest BCUT2D eigenvalue weighted by Crippen LogP contribution is -2.25. The first-order valence-corrected chi connectivity index (χ1v) is 5.51. The van der Waals surface area contributed by atoms with Crippen molar-refractivity contribution in [1.82, 2.24) is 5.32 Å². The molecule has 0 aliphatic heterocycles. The zero-order valence-electron chi connectivity index (χ0n) is 10.3. The van der Waals surface area contributed by atoms with E-state index in [2.05, 4.69) is 5.32 Å². The number of carbonyl (C=O) groups excluding carboxylic acids is 1. The lowest BCUT2D eigenvalue weighted by Gasteiger charge is -2.10. The number of hydrogen-bond donors (Lipinski definition) is 2. The molecule has 0 saturated heterocycles. The van der Waals surface area contributed by atoms with E-state index in [1.54, 1.807) is 6.92 Å². The second-order valence-electron chi connectivity index (χ2n) is 4.03. The van der Waals surface area contributed by atoms with Gasteiger partial charge in [0.05, 0.1) is 0 Å². The molecule has 4 nitrogen and oxygen atoms in total. The number of amides is 1. The number of ether oxygens (including phenoxy) is 1. The maximum Gasteiger partial charge on any atom is 0.257 e. The van der Waals surface area contributed by atoms with Gasteiger partial charge in [0.25, 0.3) is 5.91 Å². The Hall–Kier alpha value is -1.69. The van der Waals surface area contributed by atoms with Gasteiger partial charge in [0.1, 0.15) is 0 Å². The third-order valence-corrected chi connectivity index (χ3v) is 2.24. The third kappa shape index (κ3) is 3.96. The smallest absolute Gasteiger partial charge is 0.257 e. The average Bonchev–Trinajstić information content (AvgIpc) is 2.26. The zero-order valence-corrected chi connectivity index (χ0v) is 10.3. The lowest BCUT2D eigenvalue weighted by molar-refractivity contribution is -0.122. The van der Waals surface area contributed by atoms with Crippen LogP contribution >= 0.6 is 0 Å². The van der Waals surface area contributed by atoms with Gasteiger partial charge in [-0.15, -0.1) is 0 Å². The minimum absolute atomic E-state index is 0.193. The first kappa shape index (κ1) is 14.4. The van der Waals surface area contributed by atoms with Crippen LogP contribution in [0.2, 0.25) is 0 Å². The Bertz CT molecular complexity index is 413. The van der Waals surface area contributed by atoms with Crippen molar-refractivity contribution in [3.05, 3.63) is 29.3 Å². The minimum Gasteiger partial charge on any atom is -0.478 e. The largest absolute Gasteiger partial charge is 0.478 e. The molecule has 0 saturated carbocycles. The Morgan fingerprint density at radius 1 is 1.44 bits per heavy atom. The highest BCUT2D eigenvalue weighted by Crippen LogP contribution is 2.23. The fourth-order valence-corrected chi connectivity index (χ4v) is 1.45. The second kappa shape index (κ2) is 6.30. The van der Waals surface area contributed by atoms with Gasteiger partial charge < -0.3 is 15.8 Å². The van der Waals surface area contributed by atoms with Crippen LogP contribution in [-0.4, -0.2) is 25.6 Å². The fraction of sp³-hybridized carbons (Fsp3) is 0.417. The summed E-state index contributed by atoms with van der Waals surface area (Å²) in [6, 6.07) is 2.12. The van der Waals surface area contributed by atoms with Crippen molar-refractivity contribution < 1.29 is 18.3 Å². The third-order valence-electron chi connectivity index (χ3n) is 2.24. The highest BCUT2D eigenvalue weighted by atomic mass is 19.1. The molecule has 1 atom stereocenters. The Kier molecular flexibility index (Phi) is 5.03. The molecular weight excluding hydrogens is 242 g/mol. The summed E-state index contributed by atoms with van der Waals surface area (Å²) in [5.74, 6) is -2.69. The average molecular weight is 258 g/mol. The van der Waals surface area contributed by atoms with Crippen molar-refractivity contribution >= 4 is 5.91 Å². The fourth-order valence-electron chi connectivity index (χ4n) is 1.45. The normalized spacial score (nSPS) is 12.1. The predicted octanol–water partition coefficient (Wildman–Crippen LogP) is 0.979. The van der Waals surface area contributed by atoms with Gasteiger partial charge in [-0.1, -0.05) is 0 Å². The molecule has 1 aromatic rings. The van der Waals surface area contributed by atoms with Crippen LogP contribution in [0, 0.1) is 11.6 Å². The molecule has 0 heterocycles. The molecule has 18 heavy (non-hydrogen) atoms. The number of rotatable bonds is 5. The summed E-state index contributed by atoms with van der Waals surface area (Å²) < 4.78 is 31.9. The lowest BCUT2D eigenvalue weighted by atomic mass is 10.1. The number of benzene rings is 1. The molecule has 0 radical (unpaired) electrons. The van der Waals surface area contributed by atoms with Crippen LogP contribution in [-0.2, 0) is 11.2 Å². The van der Waals surface area contributed by atoms with E-state index < -0.39 is 29.9 Å². The molecule has 3 N–H and O–H groups in total. The Morgan fingerprint density at radius 3 is 2.44 bits per heavy atom. The number of nitrogens with one attached hydrogen (secondary N) is 1. The van der Waals surface area contributed by atoms with Gasteiger partial charge in [0.15, 0.2) is 24.0 Å². The van der Waals surface area contributed by atoms with E-state index in [1.165, 1.54) is 7.05 Å². The van der Waals surface area contributed by atoms with E-state index in [4.69, 9.17) is 10.5 Å². The van der Waals surface area contributed by atoms with Crippen molar-refractivity contribution in [3.63, 3.8) is 0 Å². The summed E-state index contributed by atoms with van der Waals surface area (Å²) in [5.41, 5.74) is 6.00. The van der Waals surface area contributed by atoms with Crippen molar-refractivity contribution in [2.24, 2.45) is 5.73 Å². The molecule has 0 aliphatic rings. The van der Waals surface area contributed by atoms with E-state index in [0.717, 1.165) is 12.1 Å². The molecule has 0 bridgehead atoms. The van der Waals surface area contributed by atoms with E-state index >= 15 is 0 Å². The van der Waals surface area contributed by atoms with Crippen LogP contribution < -0.4 is 15.8 Å². The van der Waals surface area contributed by atoms with Gasteiger partial charge >= 0.3 is 0 Å². The maximum absolute atomic E-state index is 13.6. The molecule has 100 valence electrons. The Morgan fingerprint density at radius 2 is 2.00 bits per heavy atom. The van der Waals surface area contributed by atoms with Crippen LogP contribution in [0.3, 0.4) is 0 Å². The van der Waals surface area contributed by atoms with Gasteiger partial charge in [0, 0.05) is 13.1 Å². The molecule has 0 aromatic heterocycles. The summed E-state index contributed by atoms with van der Waals surface area (Å²) >= 11 is 0. The number of carbonyl (C=O) groups is 1. The highest BCUT2D eigenvalue weighted by Gasteiger charge is 2.14. The first-order chi connectivity index (χ1) is 8.43. The van der Waals surface area contributed by atoms with E-state index in [9.17, 15) is 13.6 Å². The van der Waals surface area contributed by atoms with Gasteiger partial charge in [-0.25, -0.2) is 8.78 Å². The van der Waals surface area contributed by atoms with E-state index in [0.29, 0.717) is 12.0 Å². The second-order valence-corrected chi connectivity index (χ2v) is 4.03. The highest BCUT2D eigenvalue weighted by molar-refractivity contribution is 5.77. The van der Waals surface area contributed by atoms with Crippen molar-refractivity contribution in [3.8, 4) is 5.75 Å². The molecule has 0 spiro atoms. The van der Waals surface area contributed by atoms with Gasteiger partial charge in [-0.05, 0) is 31.0 Å². The molecule has 1 aromatic carbocycles. The summed E-state index contributed by atoms with van der Waals surface area (Å²) in [4.78, 5) is 10.9. The molecular formula is C12H16F2N2O2. The summed E-state index contributed by atoms with van der Waals surface area (Å²) in [5, 5.41) is 2.29. The van der Waals surface area contributed by atoms with Crippen molar-refractivity contribution in [1.29, 1.82) is 0 Å². The van der Waals surface area contributed by atoms with Crippen LogP contribution in [0.25, 0.3) is 0 Å². The number of hydrogen-bond acceptors (Lipinski definition) is 3. The zero-order chi connectivity index (χ0) is 13.7. The number of halogens is 2. The van der Waals surface area contributed by atoms with Gasteiger partial charge in [-0.2, -0.15) is 0 Å². The topological polar surface area (TPSA) is 64.3 Å². The maximum atomic E-state index is 13.6. The van der Waals surface area contributed by atoms with Gasteiger partial charge in [0.2, 0.25) is 0 Å².